The number of rotatable bonds is 3. The molecule has 4 rings (SSSR count). The van der Waals surface area contributed by atoms with Crippen LogP contribution >= 0.6 is 0 Å². The van der Waals surface area contributed by atoms with Crippen molar-refractivity contribution in [3.63, 3.8) is 0 Å². The van der Waals surface area contributed by atoms with Crippen LogP contribution in [0.3, 0.4) is 0 Å². The number of likely N-dealkylation sites (tertiary alicyclic amines) is 1. The minimum atomic E-state index is -0.478. The largest absolute Gasteiger partial charge is 0.346 e. The third-order valence-electron chi connectivity index (χ3n) is 5.92. The van der Waals surface area contributed by atoms with Gasteiger partial charge in [0.05, 0.1) is 23.2 Å². The van der Waals surface area contributed by atoms with Gasteiger partial charge < -0.3 is 15.5 Å². The molecule has 7 heteroatoms. The van der Waals surface area contributed by atoms with Gasteiger partial charge in [0, 0.05) is 19.3 Å². The zero-order chi connectivity index (χ0) is 19.7. The Morgan fingerprint density at radius 3 is 2.57 bits per heavy atom. The lowest BCUT2D eigenvalue weighted by molar-refractivity contribution is -0.151. The van der Waals surface area contributed by atoms with Crippen molar-refractivity contribution in [3.05, 3.63) is 65.7 Å². The van der Waals surface area contributed by atoms with Crippen molar-refractivity contribution in [2.75, 3.05) is 13.1 Å². The van der Waals surface area contributed by atoms with E-state index in [2.05, 4.69) is 15.6 Å². The van der Waals surface area contributed by atoms with Crippen LogP contribution in [-0.4, -0.2) is 34.9 Å². The lowest BCUT2D eigenvalue weighted by atomic mass is 9.65. The molecule has 2 fully saturated rings. The quantitative estimate of drug-likeness (QED) is 0.802. The first-order valence-electron chi connectivity index (χ1n) is 9.52. The molecule has 3 amide bonds. The van der Waals surface area contributed by atoms with Gasteiger partial charge in [-0.05, 0) is 49.6 Å². The summed E-state index contributed by atoms with van der Waals surface area (Å²) in [5.41, 5.74) is 1.23. The molecule has 0 aliphatic carbocycles. The molecule has 2 aromatic rings. The van der Waals surface area contributed by atoms with E-state index in [1.807, 2.05) is 25.1 Å². The van der Waals surface area contributed by atoms with Gasteiger partial charge in [-0.25, -0.2) is 9.18 Å². The van der Waals surface area contributed by atoms with Crippen LogP contribution in [0.2, 0.25) is 0 Å². The van der Waals surface area contributed by atoms with Crippen LogP contribution in [0.1, 0.15) is 43.1 Å². The summed E-state index contributed by atoms with van der Waals surface area (Å²) >= 11 is 0. The summed E-state index contributed by atoms with van der Waals surface area (Å²) in [7, 11) is 0. The van der Waals surface area contributed by atoms with Crippen molar-refractivity contribution in [3.8, 4) is 0 Å². The fourth-order valence-electron chi connectivity index (χ4n) is 4.11. The zero-order valence-electron chi connectivity index (χ0n) is 15.7. The third-order valence-corrected chi connectivity index (χ3v) is 5.92. The number of carbonyl (C=O) groups excluding carboxylic acids is 2. The number of urea groups is 1. The fraction of sp³-hybridized carbons (Fsp3) is 0.381. The summed E-state index contributed by atoms with van der Waals surface area (Å²) in [6.07, 6.45) is 2.95. The van der Waals surface area contributed by atoms with E-state index >= 15 is 0 Å². The summed E-state index contributed by atoms with van der Waals surface area (Å²) in [6.45, 7) is 2.89. The van der Waals surface area contributed by atoms with Gasteiger partial charge in [-0.15, -0.1) is 0 Å². The van der Waals surface area contributed by atoms with Crippen LogP contribution in [0.15, 0.2) is 48.7 Å². The maximum Gasteiger partial charge on any atom is 0.317 e. The predicted molar refractivity (Wildman–Crippen MR) is 102 cm³/mol. The highest BCUT2D eigenvalue weighted by Crippen LogP contribution is 2.49. The van der Waals surface area contributed by atoms with Gasteiger partial charge in [0.25, 0.3) is 0 Å². The van der Waals surface area contributed by atoms with E-state index in [9.17, 15) is 14.0 Å². The third kappa shape index (κ3) is 3.21. The number of β-lactam (4-membered cyclic amide) rings is 1. The second-order valence-electron chi connectivity index (χ2n) is 7.53. The van der Waals surface area contributed by atoms with Crippen molar-refractivity contribution in [1.82, 2.24) is 20.5 Å². The van der Waals surface area contributed by atoms with E-state index in [1.165, 1.54) is 12.1 Å². The monoisotopic (exact) mass is 382 g/mol. The molecule has 0 saturated carbocycles. The van der Waals surface area contributed by atoms with Crippen LogP contribution in [0.25, 0.3) is 0 Å². The number of nitrogens with zero attached hydrogens (tertiary/aromatic N) is 2. The smallest absolute Gasteiger partial charge is 0.317 e. The molecule has 1 unspecified atom stereocenters. The van der Waals surface area contributed by atoms with E-state index < -0.39 is 5.41 Å². The van der Waals surface area contributed by atoms with E-state index in [0.29, 0.717) is 25.9 Å². The van der Waals surface area contributed by atoms with Crippen molar-refractivity contribution < 1.29 is 14.0 Å². The molecule has 3 heterocycles. The number of carbonyl (C=O) groups is 2. The Labute approximate surface area is 163 Å². The van der Waals surface area contributed by atoms with Crippen LogP contribution in [0.5, 0.6) is 0 Å². The molecule has 0 bridgehead atoms. The molecular weight excluding hydrogens is 359 g/mol. The number of aromatic nitrogens is 1. The first-order chi connectivity index (χ1) is 13.5. The molecule has 2 aliphatic rings. The summed E-state index contributed by atoms with van der Waals surface area (Å²) < 4.78 is 13.1. The van der Waals surface area contributed by atoms with Gasteiger partial charge in [-0.1, -0.05) is 18.2 Å². The van der Waals surface area contributed by atoms with Crippen molar-refractivity contribution in [2.24, 2.45) is 5.41 Å². The molecule has 2 saturated heterocycles. The highest BCUT2D eigenvalue weighted by molar-refractivity contribution is 5.90. The Hall–Kier alpha value is -2.96. The summed E-state index contributed by atoms with van der Waals surface area (Å²) in [6, 6.07) is 11.3. The lowest BCUT2D eigenvalue weighted by Crippen LogP contribution is -2.65. The number of nitrogens with one attached hydrogen (secondary N) is 2. The molecule has 1 aromatic heterocycles. The Bertz CT molecular complexity index is 864. The van der Waals surface area contributed by atoms with Crippen molar-refractivity contribution >= 4 is 11.9 Å². The minimum Gasteiger partial charge on any atom is -0.346 e. The first-order valence-corrected chi connectivity index (χ1v) is 9.52. The maximum atomic E-state index is 13.1. The number of hydrogen-bond donors (Lipinski definition) is 2. The van der Waals surface area contributed by atoms with E-state index in [1.54, 1.807) is 23.2 Å². The molecule has 28 heavy (non-hydrogen) atoms. The molecule has 2 N–H and O–H groups in total. The summed E-state index contributed by atoms with van der Waals surface area (Å²) in [5, 5.41) is 5.93. The number of benzene rings is 1. The molecular formula is C21H23FN4O2. The number of piperidine rings is 1. The molecule has 2 aliphatic heterocycles. The topological polar surface area (TPSA) is 74.3 Å². The van der Waals surface area contributed by atoms with E-state index in [0.717, 1.165) is 11.3 Å². The van der Waals surface area contributed by atoms with Crippen molar-refractivity contribution in [1.29, 1.82) is 0 Å². The van der Waals surface area contributed by atoms with Crippen LogP contribution in [0.4, 0.5) is 9.18 Å². The van der Waals surface area contributed by atoms with Gasteiger partial charge in [0.15, 0.2) is 0 Å². The number of pyridine rings is 1. The van der Waals surface area contributed by atoms with Gasteiger partial charge in [0.2, 0.25) is 5.91 Å². The Morgan fingerprint density at radius 2 is 1.96 bits per heavy atom. The second kappa shape index (κ2) is 7.22. The van der Waals surface area contributed by atoms with Gasteiger partial charge >= 0.3 is 6.03 Å². The first kappa shape index (κ1) is 18.4. The van der Waals surface area contributed by atoms with Crippen LogP contribution < -0.4 is 10.6 Å². The Balaban J connectivity index is 1.37. The van der Waals surface area contributed by atoms with Crippen LogP contribution in [0, 0.1) is 11.2 Å². The van der Waals surface area contributed by atoms with Gasteiger partial charge in [-0.3, -0.25) is 9.78 Å². The second-order valence-corrected chi connectivity index (χ2v) is 7.53. The van der Waals surface area contributed by atoms with E-state index in [-0.39, 0.29) is 29.8 Å². The van der Waals surface area contributed by atoms with Crippen LogP contribution in [-0.2, 0) is 4.79 Å². The normalized spacial score (nSPS) is 21.6. The molecule has 1 aromatic carbocycles. The SMILES string of the molecule is C[C@H](NC(=O)N1CCC2(CC1)C(=O)NC2c1ccccn1)c1ccc(F)cc1. The maximum absolute atomic E-state index is 13.1. The molecule has 6 nitrogen and oxygen atoms in total. The minimum absolute atomic E-state index is 0.0443. The lowest BCUT2D eigenvalue weighted by Gasteiger charge is -2.52. The fourth-order valence-corrected chi connectivity index (χ4v) is 4.11. The highest BCUT2D eigenvalue weighted by atomic mass is 19.1. The number of hydrogen-bond acceptors (Lipinski definition) is 3. The van der Waals surface area contributed by atoms with Gasteiger partial charge in [-0.2, -0.15) is 0 Å². The Morgan fingerprint density at radius 1 is 1.25 bits per heavy atom. The Kier molecular flexibility index (Phi) is 4.75. The van der Waals surface area contributed by atoms with Gasteiger partial charge in [0.1, 0.15) is 5.82 Å². The summed E-state index contributed by atoms with van der Waals surface area (Å²) in [5.74, 6) is -0.257. The molecule has 1 spiro atoms. The number of amides is 3. The highest BCUT2D eigenvalue weighted by Gasteiger charge is 2.57. The molecule has 146 valence electrons. The molecule has 0 radical (unpaired) electrons. The van der Waals surface area contributed by atoms with E-state index in [4.69, 9.17) is 0 Å². The average molecular weight is 382 g/mol. The average Bonchev–Trinajstić information content (AvgIpc) is 2.73. The number of halogens is 1. The predicted octanol–water partition coefficient (Wildman–Crippen LogP) is 2.94. The zero-order valence-corrected chi connectivity index (χ0v) is 15.7. The van der Waals surface area contributed by atoms with Crippen molar-refractivity contribution in [2.45, 2.75) is 31.8 Å². The standard InChI is InChI=1S/C21H23FN4O2/c1-14(15-5-7-16(22)8-6-15)24-20(28)26-12-9-21(10-13-26)18(25-19(21)27)17-4-2-3-11-23-17/h2-8,11,14,18H,9-10,12-13H2,1H3,(H,24,28)(H,25,27)/t14-,18?/m0/s1. The molecule has 2 atom stereocenters. The summed E-state index contributed by atoms with van der Waals surface area (Å²) in [4.78, 5) is 31.1.